The van der Waals surface area contributed by atoms with E-state index in [2.05, 4.69) is 27.9 Å². The van der Waals surface area contributed by atoms with Gasteiger partial charge in [0.25, 0.3) is 17.1 Å². The van der Waals surface area contributed by atoms with E-state index in [0.717, 1.165) is 22.2 Å². The van der Waals surface area contributed by atoms with Gasteiger partial charge in [-0.3, -0.25) is 24.1 Å². The Labute approximate surface area is 237 Å². The number of methoxy groups -OCH3 is 1. The van der Waals surface area contributed by atoms with E-state index in [-0.39, 0.29) is 29.9 Å². The van der Waals surface area contributed by atoms with Crippen molar-refractivity contribution in [2.24, 2.45) is 0 Å². The maximum Gasteiger partial charge on any atom is 0.294 e. The van der Waals surface area contributed by atoms with Gasteiger partial charge in [0, 0.05) is 18.8 Å². The van der Waals surface area contributed by atoms with Crippen LogP contribution in [0.5, 0.6) is 11.5 Å². The van der Waals surface area contributed by atoms with E-state index < -0.39 is 11.1 Å². The highest BCUT2D eigenvalue weighted by molar-refractivity contribution is 14.1. The molecule has 0 aliphatic carbocycles. The molecule has 1 N–H and O–H groups in total. The van der Waals surface area contributed by atoms with Crippen molar-refractivity contribution in [1.82, 2.24) is 9.80 Å². The molecule has 2 aliphatic heterocycles. The number of nitrogens with one attached hydrogen (secondary N) is 1. The van der Waals surface area contributed by atoms with E-state index in [1.807, 2.05) is 31.2 Å². The smallest absolute Gasteiger partial charge is 0.294 e. The van der Waals surface area contributed by atoms with Gasteiger partial charge < -0.3 is 24.4 Å². The van der Waals surface area contributed by atoms with Crippen molar-refractivity contribution in [3.8, 4) is 11.5 Å². The quantitative estimate of drug-likeness (QED) is 0.341. The highest BCUT2D eigenvalue weighted by Crippen LogP contribution is 2.37. The van der Waals surface area contributed by atoms with Crippen LogP contribution < -0.4 is 14.8 Å². The second-order valence-corrected chi connectivity index (χ2v) is 10.7. The van der Waals surface area contributed by atoms with Gasteiger partial charge in [-0.15, -0.1) is 0 Å². The fourth-order valence-corrected chi connectivity index (χ4v) is 5.39. The summed E-state index contributed by atoms with van der Waals surface area (Å²) in [6, 6.07) is 10.8. The van der Waals surface area contributed by atoms with Crippen LogP contribution in [0.3, 0.4) is 0 Å². The predicted molar refractivity (Wildman–Crippen MR) is 151 cm³/mol. The molecule has 2 fully saturated rings. The number of rotatable bonds is 8. The number of hydrogen-bond acceptors (Lipinski definition) is 8. The van der Waals surface area contributed by atoms with Crippen LogP contribution in [0.2, 0.25) is 0 Å². The number of nitrogens with zero attached hydrogens (tertiary/aromatic N) is 2. The molecule has 10 nitrogen and oxygen atoms in total. The number of imide groups is 1. The number of carbonyl (C=O) groups excluding carboxylic acids is 4. The molecule has 0 spiro atoms. The van der Waals surface area contributed by atoms with E-state index in [9.17, 15) is 19.2 Å². The summed E-state index contributed by atoms with van der Waals surface area (Å²) in [6.07, 6.45) is 1.57. The molecule has 0 unspecified atom stereocenters. The number of carbonyl (C=O) groups is 4. The average molecular weight is 651 g/mol. The third-order valence-corrected chi connectivity index (χ3v) is 7.47. The van der Waals surface area contributed by atoms with Crippen molar-refractivity contribution in [3.05, 3.63) is 56.0 Å². The minimum atomic E-state index is -0.524. The number of ether oxygens (including phenoxy) is 3. The Kier molecular flexibility index (Phi) is 9.28. The van der Waals surface area contributed by atoms with Crippen LogP contribution in [0.4, 0.5) is 10.5 Å². The van der Waals surface area contributed by atoms with E-state index in [0.29, 0.717) is 52.6 Å². The molecule has 2 heterocycles. The van der Waals surface area contributed by atoms with Crippen LogP contribution in [0.15, 0.2) is 41.3 Å². The fraction of sp³-hybridized carbons (Fsp3) is 0.308. The van der Waals surface area contributed by atoms with E-state index in [1.54, 1.807) is 23.1 Å². The number of thioether (sulfide) groups is 1. The molecular formula is C26H26IN3O7S. The second-order valence-electron chi connectivity index (χ2n) is 8.50. The molecule has 0 radical (unpaired) electrons. The summed E-state index contributed by atoms with van der Waals surface area (Å²) in [5, 5.41) is 2.28. The molecule has 2 saturated heterocycles. The van der Waals surface area contributed by atoms with Gasteiger partial charge in [-0.05, 0) is 77.2 Å². The van der Waals surface area contributed by atoms with Gasteiger partial charge in [-0.1, -0.05) is 17.7 Å². The molecule has 4 rings (SSSR count). The summed E-state index contributed by atoms with van der Waals surface area (Å²) in [4.78, 5) is 53.0. The number of morpholine rings is 1. The Hall–Kier alpha value is -3.10. The van der Waals surface area contributed by atoms with Crippen LogP contribution in [-0.2, 0) is 19.1 Å². The minimum absolute atomic E-state index is 0.203. The monoisotopic (exact) mass is 651 g/mol. The van der Waals surface area contributed by atoms with Gasteiger partial charge in [0.1, 0.15) is 6.54 Å². The maximum atomic E-state index is 12.9. The largest absolute Gasteiger partial charge is 0.493 e. The maximum absolute atomic E-state index is 12.9. The second kappa shape index (κ2) is 12.6. The molecule has 2 aliphatic rings. The zero-order valence-electron chi connectivity index (χ0n) is 20.8. The number of amides is 4. The molecule has 0 bridgehead atoms. The van der Waals surface area contributed by atoms with Gasteiger partial charge >= 0.3 is 0 Å². The van der Waals surface area contributed by atoms with Crippen molar-refractivity contribution in [1.29, 1.82) is 0 Å². The highest BCUT2D eigenvalue weighted by atomic mass is 127. The van der Waals surface area contributed by atoms with Crippen LogP contribution in [0.25, 0.3) is 6.08 Å². The number of benzene rings is 2. The zero-order valence-corrected chi connectivity index (χ0v) is 23.8. The van der Waals surface area contributed by atoms with Crippen molar-refractivity contribution >= 4 is 69.1 Å². The molecule has 12 heteroatoms. The first-order valence-corrected chi connectivity index (χ1v) is 13.6. The lowest BCUT2D eigenvalue weighted by atomic mass is 10.2. The topological polar surface area (TPSA) is 114 Å². The lowest BCUT2D eigenvalue weighted by molar-refractivity contribution is -0.139. The Bertz CT molecular complexity index is 1280. The molecule has 0 aromatic heterocycles. The predicted octanol–water partition coefficient (Wildman–Crippen LogP) is 3.52. The average Bonchev–Trinajstić information content (AvgIpc) is 3.16. The van der Waals surface area contributed by atoms with Crippen molar-refractivity contribution in [3.63, 3.8) is 0 Å². The van der Waals surface area contributed by atoms with E-state index in [1.165, 1.54) is 7.11 Å². The molecule has 2 aromatic carbocycles. The molecular weight excluding hydrogens is 625 g/mol. The summed E-state index contributed by atoms with van der Waals surface area (Å²) in [6.45, 7) is 3.17. The van der Waals surface area contributed by atoms with Gasteiger partial charge in [0.2, 0.25) is 5.91 Å². The van der Waals surface area contributed by atoms with Crippen LogP contribution in [-0.4, -0.2) is 79.3 Å². The Balaban J connectivity index is 1.42. The molecule has 0 atom stereocenters. The standard InChI is InChI=1S/C26H26IN3O7S/c1-16-3-5-18(6-4-16)28-22(31)15-37-24-19(27)11-17(12-20(24)35-2)13-21-25(33)30(26(34)38-21)14-23(32)29-7-9-36-10-8-29/h3-6,11-13H,7-10,14-15H2,1-2H3,(H,28,31)/b21-13+. The third kappa shape index (κ3) is 6.85. The number of halogens is 1. The lowest BCUT2D eigenvalue weighted by Crippen LogP contribution is -2.46. The summed E-state index contributed by atoms with van der Waals surface area (Å²) >= 11 is 2.83. The Morgan fingerprint density at radius 1 is 1.16 bits per heavy atom. The van der Waals surface area contributed by atoms with Crippen molar-refractivity contribution in [2.75, 3.05) is 51.9 Å². The van der Waals surface area contributed by atoms with Crippen LogP contribution in [0.1, 0.15) is 11.1 Å². The Morgan fingerprint density at radius 2 is 1.87 bits per heavy atom. The molecule has 4 amide bonds. The SMILES string of the molecule is COc1cc(/C=C2/SC(=O)N(CC(=O)N3CCOCC3)C2=O)cc(I)c1OCC(=O)Nc1ccc(C)cc1. The van der Waals surface area contributed by atoms with E-state index >= 15 is 0 Å². The van der Waals surface area contributed by atoms with Crippen LogP contribution >= 0.6 is 34.4 Å². The first-order chi connectivity index (χ1) is 18.2. The zero-order chi connectivity index (χ0) is 27.2. The molecule has 38 heavy (non-hydrogen) atoms. The number of hydrogen-bond donors (Lipinski definition) is 1. The normalized spacial score (nSPS) is 16.7. The minimum Gasteiger partial charge on any atom is -0.493 e. The number of anilines is 1. The van der Waals surface area contributed by atoms with Gasteiger partial charge in [-0.25, -0.2) is 0 Å². The fourth-order valence-electron chi connectivity index (χ4n) is 3.77. The molecule has 2 aromatic rings. The molecule has 200 valence electrons. The first-order valence-electron chi connectivity index (χ1n) is 11.7. The summed E-state index contributed by atoms with van der Waals surface area (Å²) in [5.41, 5.74) is 2.36. The Morgan fingerprint density at radius 3 is 2.55 bits per heavy atom. The highest BCUT2D eigenvalue weighted by Gasteiger charge is 2.37. The van der Waals surface area contributed by atoms with Crippen LogP contribution in [0, 0.1) is 10.5 Å². The number of aryl methyl sites for hydroxylation is 1. The summed E-state index contributed by atoms with van der Waals surface area (Å²) < 4.78 is 17.1. The first kappa shape index (κ1) is 27.9. The van der Waals surface area contributed by atoms with Gasteiger partial charge in [-0.2, -0.15) is 0 Å². The summed E-state index contributed by atoms with van der Waals surface area (Å²) in [7, 11) is 1.47. The van der Waals surface area contributed by atoms with Gasteiger partial charge in [0.15, 0.2) is 18.1 Å². The van der Waals surface area contributed by atoms with Crippen molar-refractivity contribution in [2.45, 2.75) is 6.92 Å². The molecule has 0 saturated carbocycles. The summed E-state index contributed by atoms with van der Waals surface area (Å²) in [5.74, 6) is -0.387. The van der Waals surface area contributed by atoms with E-state index in [4.69, 9.17) is 14.2 Å². The lowest BCUT2D eigenvalue weighted by Gasteiger charge is -2.28. The van der Waals surface area contributed by atoms with Crippen molar-refractivity contribution < 1.29 is 33.4 Å². The van der Waals surface area contributed by atoms with Gasteiger partial charge in [0.05, 0.1) is 28.8 Å². The third-order valence-electron chi connectivity index (χ3n) is 5.76.